The number of aromatic nitrogens is 2. The van der Waals surface area contributed by atoms with E-state index in [2.05, 4.69) is 22.5 Å². The number of hydrogen-bond donors (Lipinski definition) is 2. The molecule has 1 aromatic carbocycles. The van der Waals surface area contributed by atoms with Crippen LogP contribution in [-0.2, 0) is 11.3 Å². The first-order valence-electron chi connectivity index (χ1n) is 7.91. The van der Waals surface area contributed by atoms with Crippen molar-refractivity contribution in [2.75, 3.05) is 6.54 Å². The molecule has 0 saturated carbocycles. The van der Waals surface area contributed by atoms with Crippen molar-refractivity contribution in [1.29, 1.82) is 0 Å². The van der Waals surface area contributed by atoms with Gasteiger partial charge in [-0.1, -0.05) is 6.07 Å². The first-order valence-corrected chi connectivity index (χ1v) is 7.91. The second-order valence-corrected chi connectivity index (χ2v) is 6.05. The molecule has 1 amide bonds. The smallest absolute Gasteiger partial charge is 0.223 e. The molecule has 1 aliphatic rings. The minimum absolute atomic E-state index is 0. The average Bonchev–Trinajstić information content (AvgIpc) is 3.07. The zero-order valence-electron chi connectivity index (χ0n) is 13.5. The first kappa shape index (κ1) is 18.4. The van der Waals surface area contributed by atoms with Gasteiger partial charge in [0, 0.05) is 30.9 Å². The molecule has 1 fully saturated rings. The van der Waals surface area contributed by atoms with Crippen molar-refractivity contribution in [3.63, 3.8) is 0 Å². The Bertz CT molecular complexity index is 677. The number of carbonyl (C=O) groups is 1. The Balaban J connectivity index is 0.00000208. The summed E-state index contributed by atoms with van der Waals surface area (Å²) in [7, 11) is 0. The minimum atomic E-state index is -0.328. The summed E-state index contributed by atoms with van der Waals surface area (Å²) in [6, 6.07) is 5.35. The van der Waals surface area contributed by atoms with Crippen molar-refractivity contribution in [3.05, 3.63) is 48.3 Å². The predicted octanol–water partition coefficient (Wildman–Crippen LogP) is 2.44. The highest BCUT2D eigenvalue weighted by Crippen LogP contribution is 2.17. The largest absolute Gasteiger partial charge is 0.352 e. The van der Waals surface area contributed by atoms with Gasteiger partial charge in [0.2, 0.25) is 5.91 Å². The van der Waals surface area contributed by atoms with E-state index in [-0.39, 0.29) is 30.0 Å². The summed E-state index contributed by atoms with van der Waals surface area (Å²) in [5.74, 6) is -0.232. The lowest BCUT2D eigenvalue weighted by molar-refractivity contribution is -0.126. The van der Waals surface area contributed by atoms with Crippen molar-refractivity contribution in [1.82, 2.24) is 20.2 Å². The summed E-state index contributed by atoms with van der Waals surface area (Å²) >= 11 is 0. The number of piperidine rings is 1. The quantitative estimate of drug-likeness (QED) is 0.888. The molecule has 0 radical (unpaired) electrons. The number of nitrogens with zero attached hydrogens (tertiary/aromatic N) is 2. The number of amides is 1. The molecular weight excluding hydrogens is 331 g/mol. The van der Waals surface area contributed by atoms with Crippen LogP contribution >= 0.6 is 12.4 Å². The van der Waals surface area contributed by atoms with Gasteiger partial charge in [0.15, 0.2) is 0 Å². The standard InChI is InChI=1S/C17H21FN4O.ClH/c1-12-8-14(4-5-20-12)17(23)21-10-13-2-3-16(15(18)9-13)22-7-6-19-11-22;/h2-3,6-7,9,11-12,14,20H,4-5,8,10H2,1H3,(H,21,23);1H/t12-,14-;/m0./s1. The van der Waals surface area contributed by atoms with Crippen LogP contribution in [0.2, 0.25) is 0 Å². The molecule has 0 aliphatic carbocycles. The van der Waals surface area contributed by atoms with Crippen LogP contribution in [0.4, 0.5) is 4.39 Å². The van der Waals surface area contributed by atoms with Crippen molar-refractivity contribution < 1.29 is 9.18 Å². The van der Waals surface area contributed by atoms with Crippen molar-refractivity contribution >= 4 is 18.3 Å². The van der Waals surface area contributed by atoms with Gasteiger partial charge in [-0.15, -0.1) is 12.4 Å². The maximum absolute atomic E-state index is 14.2. The fourth-order valence-electron chi connectivity index (χ4n) is 2.97. The summed E-state index contributed by atoms with van der Waals surface area (Å²) in [6.07, 6.45) is 6.55. The number of rotatable bonds is 4. The van der Waals surface area contributed by atoms with Crippen LogP contribution in [0.1, 0.15) is 25.3 Å². The molecule has 2 N–H and O–H groups in total. The van der Waals surface area contributed by atoms with Crippen LogP contribution in [0.15, 0.2) is 36.9 Å². The van der Waals surface area contributed by atoms with Crippen molar-refractivity contribution in [2.24, 2.45) is 5.92 Å². The van der Waals surface area contributed by atoms with Gasteiger partial charge in [0.25, 0.3) is 0 Å². The predicted molar refractivity (Wildman–Crippen MR) is 92.8 cm³/mol. The number of nitrogens with one attached hydrogen (secondary N) is 2. The summed E-state index contributed by atoms with van der Waals surface area (Å²) in [4.78, 5) is 16.1. The molecule has 2 atom stereocenters. The van der Waals surface area contributed by atoms with E-state index in [1.54, 1.807) is 29.4 Å². The van der Waals surface area contributed by atoms with Gasteiger partial charge in [0.1, 0.15) is 5.82 Å². The topological polar surface area (TPSA) is 59.0 Å². The van der Waals surface area contributed by atoms with Gasteiger partial charge in [-0.25, -0.2) is 9.37 Å². The van der Waals surface area contributed by atoms with E-state index in [0.29, 0.717) is 18.3 Å². The van der Waals surface area contributed by atoms with Crippen molar-refractivity contribution in [3.8, 4) is 5.69 Å². The SMILES string of the molecule is C[C@H]1C[C@@H](C(=O)NCc2ccc(-n3ccnc3)c(F)c2)CCN1.Cl. The van der Waals surface area contributed by atoms with E-state index in [1.165, 1.54) is 6.07 Å². The first-order chi connectivity index (χ1) is 11.1. The van der Waals surface area contributed by atoms with E-state index in [4.69, 9.17) is 0 Å². The maximum atomic E-state index is 14.2. The van der Waals surface area contributed by atoms with Crippen molar-refractivity contribution in [2.45, 2.75) is 32.4 Å². The Hall–Kier alpha value is -1.92. The van der Waals surface area contributed by atoms with Crippen LogP contribution in [0.3, 0.4) is 0 Å². The highest BCUT2D eigenvalue weighted by molar-refractivity contribution is 5.85. The Kier molecular flexibility index (Phi) is 6.34. The molecule has 5 nitrogen and oxygen atoms in total. The second-order valence-electron chi connectivity index (χ2n) is 6.05. The lowest BCUT2D eigenvalue weighted by Gasteiger charge is -2.27. The fraction of sp³-hybridized carbons (Fsp3) is 0.412. The van der Waals surface area contributed by atoms with Gasteiger partial charge in [-0.05, 0) is 44.0 Å². The Morgan fingerprint density at radius 2 is 2.33 bits per heavy atom. The molecule has 1 aromatic heterocycles. The van der Waals surface area contributed by atoms with Crippen LogP contribution in [-0.4, -0.2) is 28.0 Å². The average molecular weight is 353 g/mol. The lowest BCUT2D eigenvalue weighted by atomic mass is 9.92. The number of imidazole rings is 1. The van der Waals surface area contributed by atoms with Gasteiger partial charge in [-0.2, -0.15) is 0 Å². The molecule has 24 heavy (non-hydrogen) atoms. The third-order valence-corrected chi connectivity index (χ3v) is 4.26. The molecule has 0 bridgehead atoms. The molecule has 1 aliphatic heterocycles. The second kappa shape index (κ2) is 8.26. The van der Waals surface area contributed by atoms with Gasteiger partial charge >= 0.3 is 0 Å². The third kappa shape index (κ3) is 4.33. The zero-order valence-corrected chi connectivity index (χ0v) is 14.4. The third-order valence-electron chi connectivity index (χ3n) is 4.26. The molecule has 2 heterocycles. The van der Waals surface area contributed by atoms with Gasteiger partial charge < -0.3 is 15.2 Å². The molecule has 7 heteroatoms. The van der Waals surface area contributed by atoms with Crippen LogP contribution in [0, 0.1) is 11.7 Å². The monoisotopic (exact) mass is 352 g/mol. The van der Waals surface area contributed by atoms with Crippen LogP contribution in [0.25, 0.3) is 5.69 Å². The van der Waals surface area contributed by atoms with E-state index in [0.717, 1.165) is 24.9 Å². The Morgan fingerprint density at radius 3 is 3.00 bits per heavy atom. The maximum Gasteiger partial charge on any atom is 0.223 e. The summed E-state index contributed by atoms with van der Waals surface area (Å²) in [6.45, 7) is 3.30. The number of hydrogen-bond acceptors (Lipinski definition) is 3. The summed E-state index contributed by atoms with van der Waals surface area (Å²) < 4.78 is 15.8. The molecule has 3 rings (SSSR count). The number of halogens is 2. The highest BCUT2D eigenvalue weighted by Gasteiger charge is 2.24. The fourth-order valence-corrected chi connectivity index (χ4v) is 2.97. The summed E-state index contributed by atoms with van der Waals surface area (Å²) in [5.41, 5.74) is 1.20. The Labute approximate surface area is 147 Å². The molecule has 1 saturated heterocycles. The van der Waals surface area contributed by atoms with E-state index in [9.17, 15) is 9.18 Å². The molecule has 2 aromatic rings. The van der Waals surface area contributed by atoms with E-state index >= 15 is 0 Å². The number of benzene rings is 1. The minimum Gasteiger partial charge on any atom is -0.352 e. The highest BCUT2D eigenvalue weighted by atomic mass is 35.5. The molecule has 0 spiro atoms. The van der Waals surface area contributed by atoms with Crippen LogP contribution < -0.4 is 10.6 Å². The normalized spacial score (nSPS) is 20.2. The number of carbonyl (C=O) groups excluding carboxylic acids is 1. The van der Waals surface area contributed by atoms with Gasteiger partial charge in [0.05, 0.1) is 12.0 Å². The van der Waals surface area contributed by atoms with Gasteiger partial charge in [-0.3, -0.25) is 4.79 Å². The van der Waals surface area contributed by atoms with E-state index in [1.807, 2.05) is 6.07 Å². The van der Waals surface area contributed by atoms with E-state index < -0.39 is 0 Å². The lowest BCUT2D eigenvalue weighted by Crippen LogP contribution is -2.42. The molecular formula is C17H22ClFN4O. The summed E-state index contributed by atoms with van der Waals surface area (Å²) in [5, 5.41) is 6.25. The Morgan fingerprint density at radius 1 is 1.50 bits per heavy atom. The molecule has 130 valence electrons. The molecule has 0 unspecified atom stereocenters. The zero-order chi connectivity index (χ0) is 16.2. The van der Waals surface area contributed by atoms with Crippen LogP contribution in [0.5, 0.6) is 0 Å².